The van der Waals surface area contributed by atoms with Gasteiger partial charge in [-0.25, -0.2) is 0 Å². The molecule has 0 saturated carbocycles. The van der Waals surface area contributed by atoms with E-state index in [-0.39, 0.29) is 0 Å². The van der Waals surface area contributed by atoms with Gasteiger partial charge in [-0.1, -0.05) is 6.58 Å². The molecule has 0 aliphatic rings. The van der Waals surface area contributed by atoms with Crippen molar-refractivity contribution in [3.63, 3.8) is 0 Å². The Morgan fingerprint density at radius 2 is 2.00 bits per heavy atom. The lowest BCUT2D eigenvalue weighted by Crippen LogP contribution is -2.24. The largest absolute Gasteiger partial charge is 0.320 e. The highest BCUT2D eigenvalue weighted by atomic mass is 16.1. The van der Waals surface area contributed by atoms with Gasteiger partial charge < -0.3 is 9.80 Å². The van der Waals surface area contributed by atoms with E-state index in [0.717, 1.165) is 31.6 Å². The van der Waals surface area contributed by atoms with Crippen LogP contribution in [0.25, 0.3) is 0 Å². The van der Waals surface area contributed by atoms with Gasteiger partial charge in [-0.3, -0.25) is 4.79 Å². The molecule has 0 aromatic carbocycles. The fourth-order valence-corrected chi connectivity index (χ4v) is 0.891. The van der Waals surface area contributed by atoms with E-state index in [1.807, 2.05) is 21.0 Å². The molecule has 0 bridgehead atoms. The molecular weight excluding hydrogens is 152 g/mol. The summed E-state index contributed by atoms with van der Waals surface area (Å²) in [7, 11) is 4.04. The average molecular weight is 170 g/mol. The van der Waals surface area contributed by atoms with E-state index in [4.69, 9.17) is 0 Å². The maximum Gasteiger partial charge on any atom is 0.213 e. The first-order valence-corrected chi connectivity index (χ1v) is 4.10. The molecule has 0 fully saturated rings. The highest BCUT2D eigenvalue weighted by Crippen LogP contribution is 1.97. The summed E-state index contributed by atoms with van der Waals surface area (Å²) < 4.78 is 0. The fourth-order valence-electron chi connectivity index (χ4n) is 0.891. The number of carbonyl (C=O) groups is 1. The predicted octanol–water partition coefficient (Wildman–Crippen LogP) is 0.930. The standard InChI is InChI=1S/C9H18N2O/c1-9(2)11(8-12)7-5-6-10(3)4/h8H,1,5-7H2,2-4H3. The average Bonchev–Trinajstić information content (AvgIpc) is 1.96. The molecule has 0 spiro atoms. The maximum atomic E-state index is 10.5. The molecule has 70 valence electrons. The number of amides is 1. The van der Waals surface area contributed by atoms with Crippen molar-refractivity contribution in [3.8, 4) is 0 Å². The number of hydrogen-bond donors (Lipinski definition) is 0. The van der Waals surface area contributed by atoms with Crippen molar-refractivity contribution in [2.24, 2.45) is 0 Å². The molecule has 0 saturated heterocycles. The van der Waals surface area contributed by atoms with Crippen molar-refractivity contribution < 1.29 is 4.79 Å². The number of carbonyl (C=O) groups excluding carboxylic acids is 1. The molecule has 0 rings (SSSR count). The topological polar surface area (TPSA) is 23.6 Å². The van der Waals surface area contributed by atoms with Crippen molar-refractivity contribution in [1.29, 1.82) is 0 Å². The van der Waals surface area contributed by atoms with Gasteiger partial charge in [-0.05, 0) is 34.0 Å². The Morgan fingerprint density at radius 3 is 2.33 bits per heavy atom. The summed E-state index contributed by atoms with van der Waals surface area (Å²) in [4.78, 5) is 14.2. The molecule has 0 aliphatic heterocycles. The van der Waals surface area contributed by atoms with Crippen LogP contribution in [0.1, 0.15) is 13.3 Å². The number of rotatable bonds is 6. The third-order valence-electron chi connectivity index (χ3n) is 1.62. The minimum absolute atomic E-state index is 0.761. The quantitative estimate of drug-likeness (QED) is 0.554. The second kappa shape index (κ2) is 5.77. The van der Waals surface area contributed by atoms with Gasteiger partial charge in [-0.15, -0.1) is 0 Å². The lowest BCUT2D eigenvalue weighted by Gasteiger charge is -2.17. The van der Waals surface area contributed by atoms with Gasteiger partial charge in [0.25, 0.3) is 0 Å². The molecule has 12 heavy (non-hydrogen) atoms. The molecule has 0 radical (unpaired) electrons. The normalized spacial score (nSPS) is 10.0. The van der Waals surface area contributed by atoms with Gasteiger partial charge in [0, 0.05) is 12.2 Å². The molecule has 0 heterocycles. The van der Waals surface area contributed by atoms with Crippen molar-refractivity contribution in [1.82, 2.24) is 9.80 Å². The first kappa shape index (κ1) is 11.2. The third kappa shape index (κ3) is 4.91. The lowest BCUT2D eigenvalue weighted by molar-refractivity contribution is -0.116. The Kier molecular flexibility index (Phi) is 5.37. The van der Waals surface area contributed by atoms with Gasteiger partial charge in [0.2, 0.25) is 6.41 Å². The van der Waals surface area contributed by atoms with Crippen LogP contribution < -0.4 is 0 Å². The van der Waals surface area contributed by atoms with Gasteiger partial charge in [0.1, 0.15) is 0 Å². The lowest BCUT2D eigenvalue weighted by atomic mass is 10.3. The summed E-state index contributed by atoms with van der Waals surface area (Å²) in [5, 5.41) is 0. The zero-order chi connectivity index (χ0) is 9.56. The zero-order valence-corrected chi connectivity index (χ0v) is 8.21. The Morgan fingerprint density at radius 1 is 1.42 bits per heavy atom. The van der Waals surface area contributed by atoms with Crippen LogP contribution in [0.4, 0.5) is 0 Å². The highest BCUT2D eigenvalue weighted by molar-refractivity contribution is 5.50. The van der Waals surface area contributed by atoms with E-state index < -0.39 is 0 Å². The van der Waals surface area contributed by atoms with Crippen LogP contribution >= 0.6 is 0 Å². The van der Waals surface area contributed by atoms with Crippen LogP contribution in [0, 0.1) is 0 Å². The zero-order valence-electron chi connectivity index (χ0n) is 8.21. The highest BCUT2D eigenvalue weighted by Gasteiger charge is 2.00. The molecule has 0 unspecified atom stereocenters. The molecule has 0 atom stereocenters. The molecule has 3 nitrogen and oxygen atoms in total. The molecule has 1 amide bonds. The number of nitrogens with zero attached hydrogens (tertiary/aromatic N) is 2. The summed E-state index contributed by atoms with van der Waals surface area (Å²) >= 11 is 0. The Labute approximate surface area is 74.7 Å². The van der Waals surface area contributed by atoms with Gasteiger partial charge in [0.15, 0.2) is 0 Å². The van der Waals surface area contributed by atoms with Crippen molar-refractivity contribution in [3.05, 3.63) is 12.3 Å². The van der Waals surface area contributed by atoms with E-state index in [2.05, 4.69) is 11.5 Å². The van der Waals surface area contributed by atoms with E-state index in [1.54, 1.807) is 4.90 Å². The molecule has 0 aliphatic carbocycles. The van der Waals surface area contributed by atoms with Gasteiger partial charge in [-0.2, -0.15) is 0 Å². The smallest absolute Gasteiger partial charge is 0.213 e. The summed E-state index contributed by atoms with van der Waals surface area (Å²) in [6.07, 6.45) is 1.82. The Balaban J connectivity index is 3.59. The predicted molar refractivity (Wildman–Crippen MR) is 50.8 cm³/mol. The van der Waals surface area contributed by atoms with Crippen LogP contribution in [-0.2, 0) is 4.79 Å². The Bertz CT molecular complexity index is 155. The van der Waals surface area contributed by atoms with Gasteiger partial charge in [0.05, 0.1) is 0 Å². The van der Waals surface area contributed by atoms with Crippen molar-refractivity contribution in [2.45, 2.75) is 13.3 Å². The van der Waals surface area contributed by atoms with E-state index in [1.165, 1.54) is 0 Å². The van der Waals surface area contributed by atoms with Crippen LogP contribution in [0.15, 0.2) is 12.3 Å². The first-order chi connectivity index (χ1) is 5.57. The summed E-state index contributed by atoms with van der Waals surface area (Å²) in [6.45, 7) is 7.30. The molecule has 3 heteroatoms. The molecule has 0 N–H and O–H groups in total. The van der Waals surface area contributed by atoms with Crippen LogP contribution in [-0.4, -0.2) is 43.4 Å². The van der Waals surface area contributed by atoms with Gasteiger partial charge >= 0.3 is 0 Å². The second-order valence-electron chi connectivity index (χ2n) is 3.19. The molecular formula is C9H18N2O. The summed E-state index contributed by atoms with van der Waals surface area (Å²) in [6, 6.07) is 0. The van der Waals surface area contributed by atoms with Crippen LogP contribution in [0.2, 0.25) is 0 Å². The number of allylic oxidation sites excluding steroid dienone is 1. The molecule has 0 aromatic heterocycles. The van der Waals surface area contributed by atoms with Crippen LogP contribution in [0.3, 0.4) is 0 Å². The minimum Gasteiger partial charge on any atom is -0.320 e. The fraction of sp³-hybridized carbons (Fsp3) is 0.667. The minimum atomic E-state index is 0.761. The first-order valence-electron chi connectivity index (χ1n) is 4.10. The van der Waals surface area contributed by atoms with E-state index in [9.17, 15) is 4.79 Å². The summed E-state index contributed by atoms with van der Waals surface area (Å²) in [5.74, 6) is 0. The monoisotopic (exact) mass is 170 g/mol. The van der Waals surface area contributed by atoms with Crippen LogP contribution in [0.5, 0.6) is 0 Å². The third-order valence-corrected chi connectivity index (χ3v) is 1.62. The maximum absolute atomic E-state index is 10.5. The van der Waals surface area contributed by atoms with Crippen molar-refractivity contribution in [2.75, 3.05) is 27.2 Å². The van der Waals surface area contributed by atoms with E-state index >= 15 is 0 Å². The number of hydrogen-bond acceptors (Lipinski definition) is 2. The Hall–Kier alpha value is -0.830. The molecule has 0 aromatic rings. The van der Waals surface area contributed by atoms with E-state index in [0.29, 0.717) is 0 Å². The SMILES string of the molecule is C=C(C)N(C=O)CCCN(C)C. The van der Waals surface area contributed by atoms with Crippen molar-refractivity contribution >= 4 is 6.41 Å². The second-order valence-corrected chi connectivity index (χ2v) is 3.19. The summed E-state index contributed by atoms with van der Waals surface area (Å²) in [5.41, 5.74) is 0.809.